The van der Waals surface area contributed by atoms with Gasteiger partial charge in [-0.3, -0.25) is 4.99 Å². The van der Waals surface area contributed by atoms with E-state index in [4.69, 9.17) is 0 Å². The van der Waals surface area contributed by atoms with E-state index < -0.39 is 5.41 Å². The first-order chi connectivity index (χ1) is 22.7. The first kappa shape index (κ1) is 38.4. The standard InChI is InChI=1S/C46H55N/c1-12-18-21-24-37(10)46(42(26-20-14-3)34-41(23-15-4)44(46)17-6)32-22-27-43(35(7)8)39-28-30-40(31-29-39)45(47-11)33-36(9)38(16-5)25-19-13-2/h12,15-19,21-33H,6-7,9-11,13-14,20,34H2,1-5,8H3/b18-12-,23-15-,24-21-,25-19-,32-22?,38-16+,42-26+,43-27+,45-33-. The van der Waals surface area contributed by atoms with Crippen LogP contribution in [-0.2, 0) is 0 Å². The molecule has 1 nitrogen and oxygen atoms in total. The Kier molecular flexibility index (Phi) is 16.1. The lowest BCUT2D eigenvalue weighted by atomic mass is 9.70. The van der Waals surface area contributed by atoms with Gasteiger partial charge in [-0.05, 0) is 98.8 Å². The Morgan fingerprint density at radius 3 is 2.19 bits per heavy atom. The molecule has 2 rings (SSSR count). The Hall–Kier alpha value is -4.75. The van der Waals surface area contributed by atoms with Gasteiger partial charge >= 0.3 is 0 Å². The summed E-state index contributed by atoms with van der Waals surface area (Å²) in [5, 5.41) is 0. The molecular formula is C46H55N. The SMILES string of the molecule is C=CC1=C(/C=C\C)C/C(=C\CCC)C1(C=C/C=C(\C(=C)C)c1ccc(/C(=C/C(=C)C(/C=C\CC)=C/C)N=C)cc1)C(=C)/C=C\C=C/C. The largest absolute Gasteiger partial charge is 0.264 e. The van der Waals surface area contributed by atoms with Crippen LogP contribution in [0.3, 0.4) is 0 Å². The lowest BCUT2D eigenvalue weighted by Crippen LogP contribution is -2.21. The number of rotatable bonds is 17. The van der Waals surface area contributed by atoms with Crippen molar-refractivity contribution in [3.63, 3.8) is 0 Å². The van der Waals surface area contributed by atoms with Crippen LogP contribution in [0.25, 0.3) is 11.3 Å². The third-order valence-electron chi connectivity index (χ3n) is 8.27. The van der Waals surface area contributed by atoms with Gasteiger partial charge in [-0.15, -0.1) is 0 Å². The second kappa shape index (κ2) is 19.7. The van der Waals surface area contributed by atoms with Crippen LogP contribution in [-0.4, -0.2) is 6.72 Å². The summed E-state index contributed by atoms with van der Waals surface area (Å²) in [6, 6.07) is 8.41. The smallest absolute Gasteiger partial charge is 0.0700 e. The van der Waals surface area contributed by atoms with Crippen LogP contribution in [0.4, 0.5) is 0 Å². The van der Waals surface area contributed by atoms with Crippen LogP contribution in [0.2, 0.25) is 0 Å². The van der Waals surface area contributed by atoms with Gasteiger partial charge in [0.2, 0.25) is 0 Å². The number of aliphatic imine (C=N–C) groups is 1. The molecule has 1 aromatic carbocycles. The summed E-state index contributed by atoms with van der Waals surface area (Å²) in [7, 11) is 0. The summed E-state index contributed by atoms with van der Waals surface area (Å²) < 4.78 is 0. The van der Waals surface area contributed by atoms with E-state index >= 15 is 0 Å². The van der Waals surface area contributed by atoms with E-state index in [1.807, 2.05) is 45.1 Å². The van der Waals surface area contributed by atoms with Crippen molar-refractivity contribution in [3.05, 3.63) is 192 Å². The first-order valence-corrected chi connectivity index (χ1v) is 16.7. The van der Waals surface area contributed by atoms with E-state index in [-0.39, 0.29) is 0 Å². The molecule has 0 N–H and O–H groups in total. The van der Waals surface area contributed by atoms with Gasteiger partial charge < -0.3 is 0 Å². The maximum absolute atomic E-state index is 4.62. The molecule has 47 heavy (non-hydrogen) atoms. The second-order valence-corrected chi connectivity index (χ2v) is 11.6. The molecule has 0 saturated heterocycles. The van der Waals surface area contributed by atoms with Gasteiger partial charge in [0.1, 0.15) is 0 Å². The molecule has 1 aliphatic rings. The fourth-order valence-electron chi connectivity index (χ4n) is 5.85. The zero-order chi connectivity index (χ0) is 34.8. The van der Waals surface area contributed by atoms with E-state index in [0.717, 1.165) is 70.4 Å². The predicted molar refractivity (Wildman–Crippen MR) is 213 cm³/mol. The van der Waals surface area contributed by atoms with Crippen LogP contribution >= 0.6 is 0 Å². The molecule has 0 aromatic heterocycles. The van der Waals surface area contributed by atoms with E-state index in [2.05, 4.69) is 150 Å². The van der Waals surface area contributed by atoms with Gasteiger partial charge in [-0.2, -0.15) is 0 Å². The molecule has 1 unspecified atom stereocenters. The molecular weight excluding hydrogens is 567 g/mol. The molecule has 0 aliphatic heterocycles. The highest BCUT2D eigenvalue weighted by molar-refractivity contribution is 5.81. The van der Waals surface area contributed by atoms with Gasteiger partial charge in [-0.25, -0.2) is 0 Å². The van der Waals surface area contributed by atoms with Gasteiger partial charge in [0, 0.05) is 5.56 Å². The Balaban J connectivity index is 2.66. The highest BCUT2D eigenvalue weighted by atomic mass is 14.7. The number of hydrogen-bond donors (Lipinski definition) is 0. The molecule has 0 fully saturated rings. The van der Waals surface area contributed by atoms with Gasteiger partial charge in [-0.1, -0.05) is 167 Å². The molecule has 1 atom stereocenters. The topological polar surface area (TPSA) is 12.4 Å². The Labute approximate surface area is 286 Å². The maximum Gasteiger partial charge on any atom is 0.0700 e. The molecule has 0 heterocycles. The molecule has 0 bridgehead atoms. The van der Waals surface area contributed by atoms with E-state index in [1.54, 1.807) is 0 Å². The van der Waals surface area contributed by atoms with Crippen molar-refractivity contribution in [3.8, 4) is 0 Å². The Morgan fingerprint density at radius 1 is 0.936 bits per heavy atom. The second-order valence-electron chi connectivity index (χ2n) is 11.6. The van der Waals surface area contributed by atoms with E-state index in [1.165, 1.54) is 16.7 Å². The maximum atomic E-state index is 4.62. The number of unbranched alkanes of at least 4 members (excludes halogenated alkanes) is 1. The lowest BCUT2D eigenvalue weighted by molar-refractivity contribution is 0.696. The normalized spacial score (nSPS) is 19.0. The third-order valence-corrected chi connectivity index (χ3v) is 8.27. The van der Waals surface area contributed by atoms with Gasteiger partial charge in [0.15, 0.2) is 0 Å². The average Bonchev–Trinajstić information content (AvgIpc) is 3.37. The molecule has 0 radical (unpaired) electrons. The van der Waals surface area contributed by atoms with Crippen molar-refractivity contribution < 1.29 is 0 Å². The third kappa shape index (κ3) is 9.87. The minimum absolute atomic E-state index is 0.486. The fraction of sp³-hybridized carbons (Fsp3) is 0.239. The highest BCUT2D eigenvalue weighted by Gasteiger charge is 2.42. The molecule has 0 spiro atoms. The lowest BCUT2D eigenvalue weighted by Gasteiger charge is -2.32. The van der Waals surface area contributed by atoms with Crippen LogP contribution in [0.1, 0.15) is 78.4 Å². The summed E-state index contributed by atoms with van der Waals surface area (Å²) in [6.07, 6.45) is 35.8. The Morgan fingerprint density at radius 2 is 1.64 bits per heavy atom. The molecule has 244 valence electrons. The minimum Gasteiger partial charge on any atom is -0.264 e. The molecule has 1 aromatic rings. The van der Waals surface area contributed by atoms with E-state index in [9.17, 15) is 0 Å². The number of nitrogens with zero attached hydrogens (tertiary/aromatic N) is 1. The summed E-state index contributed by atoms with van der Waals surface area (Å²) in [4.78, 5) is 4.33. The van der Waals surface area contributed by atoms with Crippen molar-refractivity contribution in [2.24, 2.45) is 10.4 Å². The molecule has 1 aliphatic carbocycles. The summed E-state index contributed by atoms with van der Waals surface area (Å²) in [6.45, 7) is 33.8. The van der Waals surface area contributed by atoms with Crippen LogP contribution in [0, 0.1) is 5.41 Å². The zero-order valence-electron chi connectivity index (χ0n) is 29.8. The molecule has 0 saturated carbocycles. The van der Waals surface area contributed by atoms with Gasteiger partial charge in [0.05, 0.1) is 11.1 Å². The molecule has 1 heteroatoms. The molecule has 0 amide bonds. The summed E-state index contributed by atoms with van der Waals surface area (Å²) >= 11 is 0. The van der Waals surface area contributed by atoms with Crippen molar-refractivity contribution in [2.45, 2.75) is 67.2 Å². The fourth-order valence-corrected chi connectivity index (χ4v) is 5.85. The predicted octanol–water partition coefficient (Wildman–Crippen LogP) is 13.6. The average molecular weight is 622 g/mol. The number of allylic oxidation sites excluding steroid dienone is 23. The summed E-state index contributed by atoms with van der Waals surface area (Å²) in [5.41, 5.74) is 11.2. The van der Waals surface area contributed by atoms with Crippen LogP contribution in [0.15, 0.2) is 186 Å². The van der Waals surface area contributed by atoms with E-state index in [0.29, 0.717) is 0 Å². The monoisotopic (exact) mass is 621 g/mol. The Bertz CT molecular complexity index is 1630. The van der Waals surface area contributed by atoms with Crippen molar-refractivity contribution in [1.29, 1.82) is 0 Å². The number of hydrogen-bond acceptors (Lipinski definition) is 1. The summed E-state index contributed by atoms with van der Waals surface area (Å²) in [5.74, 6) is 0. The number of benzene rings is 1. The van der Waals surface area contributed by atoms with Crippen molar-refractivity contribution in [1.82, 2.24) is 0 Å². The highest BCUT2D eigenvalue weighted by Crippen LogP contribution is 2.54. The first-order valence-electron chi connectivity index (χ1n) is 16.7. The van der Waals surface area contributed by atoms with Crippen LogP contribution < -0.4 is 0 Å². The van der Waals surface area contributed by atoms with Crippen molar-refractivity contribution in [2.75, 3.05) is 0 Å². The quantitative estimate of drug-likeness (QED) is 0.0932. The zero-order valence-corrected chi connectivity index (χ0v) is 29.8. The van der Waals surface area contributed by atoms with Crippen molar-refractivity contribution >= 4 is 18.0 Å². The minimum atomic E-state index is -0.486. The van der Waals surface area contributed by atoms with Crippen LogP contribution in [0.5, 0.6) is 0 Å². The van der Waals surface area contributed by atoms with Gasteiger partial charge in [0.25, 0.3) is 0 Å².